The van der Waals surface area contributed by atoms with Gasteiger partial charge in [-0.15, -0.1) is 0 Å². The van der Waals surface area contributed by atoms with E-state index in [-0.39, 0.29) is 18.2 Å². The number of fused-ring (bicyclic) bond motifs is 1. The van der Waals surface area contributed by atoms with Crippen molar-refractivity contribution in [1.29, 1.82) is 0 Å². The molecule has 0 aromatic rings. The Hall–Kier alpha value is -0.770. The molecule has 2 aliphatic rings. The van der Waals surface area contributed by atoms with Crippen molar-refractivity contribution < 1.29 is 9.53 Å². The molecule has 86 valence electrons. The number of likely N-dealkylation sites (tertiary alicyclic amines) is 1. The molecule has 2 N–H and O–H groups in total. The molecule has 4 nitrogen and oxygen atoms in total. The fourth-order valence-corrected chi connectivity index (χ4v) is 2.54. The lowest BCUT2D eigenvalue weighted by atomic mass is 9.76. The summed E-state index contributed by atoms with van der Waals surface area (Å²) in [6.07, 6.45) is 1.94. The van der Waals surface area contributed by atoms with Gasteiger partial charge >= 0.3 is 6.09 Å². The number of nitrogens with zero attached hydrogens (tertiary/aromatic N) is 1. The van der Waals surface area contributed by atoms with E-state index >= 15 is 0 Å². The molecule has 4 heteroatoms. The highest BCUT2D eigenvalue weighted by Crippen LogP contribution is 2.39. The van der Waals surface area contributed by atoms with Crippen molar-refractivity contribution >= 4 is 6.09 Å². The molecule has 0 bridgehead atoms. The number of carbonyl (C=O) groups is 1. The molecule has 2 rings (SSSR count). The molecule has 1 saturated heterocycles. The topological polar surface area (TPSA) is 55.6 Å². The molecule has 3 atom stereocenters. The van der Waals surface area contributed by atoms with E-state index in [2.05, 4.69) is 0 Å². The standard InChI is InChI=1S/C11H20N2O2/c1-11(2,3)15-10(14)13-5-4-7-6-8(12)9(7)13/h7-9H,4-6,12H2,1-3H3. The summed E-state index contributed by atoms with van der Waals surface area (Å²) in [4.78, 5) is 13.7. The number of carbonyl (C=O) groups excluding carboxylic acids is 1. The van der Waals surface area contributed by atoms with Crippen molar-refractivity contribution in [3.8, 4) is 0 Å². The summed E-state index contributed by atoms with van der Waals surface area (Å²) >= 11 is 0. The van der Waals surface area contributed by atoms with E-state index in [0.29, 0.717) is 5.92 Å². The van der Waals surface area contributed by atoms with Gasteiger partial charge in [-0.1, -0.05) is 0 Å². The van der Waals surface area contributed by atoms with Gasteiger partial charge in [-0.05, 0) is 39.5 Å². The third kappa shape index (κ3) is 1.95. The molecule has 1 aliphatic carbocycles. The van der Waals surface area contributed by atoms with Gasteiger partial charge in [0.2, 0.25) is 0 Å². The van der Waals surface area contributed by atoms with E-state index in [9.17, 15) is 4.79 Å². The highest BCUT2D eigenvalue weighted by Gasteiger charge is 2.49. The van der Waals surface area contributed by atoms with E-state index in [1.807, 2.05) is 25.7 Å². The zero-order chi connectivity index (χ0) is 11.2. The Bertz CT molecular complexity index is 272. The van der Waals surface area contributed by atoms with E-state index in [1.54, 1.807) is 0 Å². The van der Waals surface area contributed by atoms with Crippen LogP contribution >= 0.6 is 0 Å². The SMILES string of the molecule is CC(C)(C)OC(=O)N1CCC2CC(N)C21. The summed E-state index contributed by atoms with van der Waals surface area (Å²) in [5.74, 6) is 0.618. The quantitative estimate of drug-likeness (QED) is 0.659. The zero-order valence-corrected chi connectivity index (χ0v) is 9.69. The van der Waals surface area contributed by atoms with Crippen LogP contribution in [0.5, 0.6) is 0 Å². The molecule has 15 heavy (non-hydrogen) atoms. The van der Waals surface area contributed by atoms with Crippen LogP contribution < -0.4 is 5.73 Å². The van der Waals surface area contributed by atoms with Crippen molar-refractivity contribution in [2.75, 3.05) is 6.54 Å². The van der Waals surface area contributed by atoms with Crippen LogP contribution in [0.3, 0.4) is 0 Å². The van der Waals surface area contributed by atoms with Crippen LogP contribution in [-0.4, -0.2) is 35.2 Å². The lowest BCUT2D eigenvalue weighted by Crippen LogP contribution is -2.58. The Morgan fingerprint density at radius 3 is 2.67 bits per heavy atom. The molecule has 2 fully saturated rings. The van der Waals surface area contributed by atoms with Gasteiger partial charge in [-0.2, -0.15) is 0 Å². The minimum atomic E-state index is -0.414. The summed E-state index contributed by atoms with van der Waals surface area (Å²) in [7, 11) is 0. The van der Waals surface area contributed by atoms with Crippen LogP contribution in [0.4, 0.5) is 4.79 Å². The van der Waals surface area contributed by atoms with Crippen molar-refractivity contribution in [1.82, 2.24) is 4.90 Å². The average molecular weight is 212 g/mol. The highest BCUT2D eigenvalue weighted by atomic mass is 16.6. The molecule has 1 amide bonds. The summed E-state index contributed by atoms with van der Waals surface area (Å²) < 4.78 is 5.35. The van der Waals surface area contributed by atoms with Crippen molar-refractivity contribution in [2.24, 2.45) is 11.7 Å². The number of rotatable bonds is 0. The third-order valence-electron chi connectivity index (χ3n) is 3.23. The molecular formula is C11H20N2O2. The second-order valence-electron chi connectivity index (χ2n) is 5.61. The minimum absolute atomic E-state index is 0.157. The van der Waals surface area contributed by atoms with Gasteiger partial charge in [-0.3, -0.25) is 0 Å². The fraction of sp³-hybridized carbons (Fsp3) is 0.909. The van der Waals surface area contributed by atoms with Gasteiger partial charge in [-0.25, -0.2) is 4.79 Å². The van der Waals surface area contributed by atoms with E-state index < -0.39 is 5.60 Å². The molecule has 0 aromatic carbocycles. The van der Waals surface area contributed by atoms with Gasteiger partial charge in [0, 0.05) is 12.6 Å². The monoisotopic (exact) mass is 212 g/mol. The molecule has 0 radical (unpaired) electrons. The number of hydrogen-bond acceptors (Lipinski definition) is 3. The Morgan fingerprint density at radius 2 is 2.13 bits per heavy atom. The van der Waals surface area contributed by atoms with E-state index in [0.717, 1.165) is 19.4 Å². The second-order valence-corrected chi connectivity index (χ2v) is 5.61. The summed E-state index contributed by atoms with van der Waals surface area (Å²) in [6, 6.07) is 0.393. The molecule has 3 unspecified atom stereocenters. The smallest absolute Gasteiger partial charge is 0.410 e. The summed E-state index contributed by atoms with van der Waals surface area (Å²) in [5, 5.41) is 0. The van der Waals surface area contributed by atoms with Gasteiger partial charge in [0.15, 0.2) is 0 Å². The first-order valence-corrected chi connectivity index (χ1v) is 5.64. The largest absolute Gasteiger partial charge is 0.444 e. The predicted molar refractivity (Wildman–Crippen MR) is 57.4 cm³/mol. The molecule has 0 aromatic heterocycles. The van der Waals surface area contributed by atoms with Gasteiger partial charge in [0.25, 0.3) is 0 Å². The van der Waals surface area contributed by atoms with Crippen LogP contribution in [0.2, 0.25) is 0 Å². The Labute approximate surface area is 90.8 Å². The molecular weight excluding hydrogens is 192 g/mol. The van der Waals surface area contributed by atoms with E-state index in [4.69, 9.17) is 10.5 Å². The van der Waals surface area contributed by atoms with Crippen LogP contribution in [0.25, 0.3) is 0 Å². The second kappa shape index (κ2) is 3.37. The first-order valence-electron chi connectivity index (χ1n) is 5.64. The summed E-state index contributed by atoms with van der Waals surface area (Å²) in [5.41, 5.74) is 5.49. The number of amides is 1. The Kier molecular flexibility index (Phi) is 2.41. The van der Waals surface area contributed by atoms with Crippen molar-refractivity contribution in [3.63, 3.8) is 0 Å². The first-order chi connectivity index (χ1) is 6.88. The number of ether oxygens (including phenoxy) is 1. The lowest BCUT2D eigenvalue weighted by Gasteiger charge is -2.42. The maximum atomic E-state index is 11.8. The number of hydrogen-bond donors (Lipinski definition) is 1. The third-order valence-corrected chi connectivity index (χ3v) is 3.23. The van der Waals surface area contributed by atoms with Crippen LogP contribution in [0.15, 0.2) is 0 Å². The van der Waals surface area contributed by atoms with Gasteiger partial charge < -0.3 is 15.4 Å². The maximum absolute atomic E-state index is 11.8. The average Bonchev–Trinajstić information content (AvgIpc) is 2.38. The zero-order valence-electron chi connectivity index (χ0n) is 9.69. The summed E-state index contributed by atoms with van der Waals surface area (Å²) in [6.45, 7) is 6.47. The number of nitrogens with two attached hydrogens (primary N) is 1. The van der Waals surface area contributed by atoms with Crippen LogP contribution in [0, 0.1) is 5.92 Å². The van der Waals surface area contributed by atoms with Crippen LogP contribution in [-0.2, 0) is 4.74 Å². The van der Waals surface area contributed by atoms with Gasteiger partial charge in [0.05, 0.1) is 6.04 Å². The van der Waals surface area contributed by atoms with Crippen LogP contribution in [0.1, 0.15) is 33.6 Å². The van der Waals surface area contributed by atoms with Gasteiger partial charge in [0.1, 0.15) is 5.60 Å². The molecule has 1 saturated carbocycles. The molecule has 1 heterocycles. The van der Waals surface area contributed by atoms with Crippen molar-refractivity contribution in [3.05, 3.63) is 0 Å². The Morgan fingerprint density at radius 1 is 1.47 bits per heavy atom. The molecule has 0 spiro atoms. The Balaban J connectivity index is 1.97. The first kappa shape index (κ1) is 10.7. The fourth-order valence-electron chi connectivity index (χ4n) is 2.54. The predicted octanol–water partition coefficient (Wildman–Crippen LogP) is 1.34. The normalized spacial score (nSPS) is 34.7. The van der Waals surface area contributed by atoms with E-state index in [1.165, 1.54) is 0 Å². The molecule has 1 aliphatic heterocycles. The maximum Gasteiger partial charge on any atom is 0.410 e. The lowest BCUT2D eigenvalue weighted by molar-refractivity contribution is 0.00928. The van der Waals surface area contributed by atoms with Crippen molar-refractivity contribution in [2.45, 2.75) is 51.3 Å². The highest BCUT2D eigenvalue weighted by molar-refractivity contribution is 5.69. The minimum Gasteiger partial charge on any atom is -0.444 e.